The van der Waals surface area contributed by atoms with E-state index in [0.29, 0.717) is 24.3 Å². The smallest absolute Gasteiger partial charge is 0.220 e. The maximum absolute atomic E-state index is 12.4. The fourth-order valence-corrected chi connectivity index (χ4v) is 3.29. The molecule has 3 aromatic carbocycles. The van der Waals surface area contributed by atoms with Crippen molar-refractivity contribution in [1.82, 2.24) is 5.32 Å². The lowest BCUT2D eigenvalue weighted by Crippen LogP contribution is -2.26. The normalized spacial score (nSPS) is 11.6. The van der Waals surface area contributed by atoms with E-state index < -0.39 is 0 Å². The third-order valence-corrected chi connectivity index (χ3v) is 4.98. The molecule has 1 N–H and O–H groups in total. The quantitative estimate of drug-likeness (QED) is 0.577. The average molecular weight is 389 g/mol. The molecule has 1 amide bonds. The van der Waals surface area contributed by atoms with Gasteiger partial charge in [-0.25, -0.2) is 0 Å². The van der Waals surface area contributed by atoms with Crippen molar-refractivity contribution in [2.45, 2.75) is 25.8 Å². The van der Waals surface area contributed by atoms with E-state index in [0.717, 1.165) is 11.1 Å². The van der Waals surface area contributed by atoms with Crippen molar-refractivity contribution in [3.8, 4) is 22.6 Å². The fraction of sp³-hybridized carbons (Fsp3) is 0.240. The van der Waals surface area contributed by atoms with Crippen LogP contribution in [0, 0.1) is 0 Å². The highest BCUT2D eigenvalue weighted by Gasteiger charge is 2.11. The first-order valence-corrected chi connectivity index (χ1v) is 9.76. The Balaban J connectivity index is 1.55. The maximum Gasteiger partial charge on any atom is 0.220 e. The lowest BCUT2D eigenvalue weighted by atomic mass is 10.0. The molecule has 3 rings (SSSR count). The SMILES string of the molecule is COc1ccc(CCC(=O)N[C@H](C)c2ccc(-c3ccccc3)cc2)cc1OC. The Morgan fingerprint density at radius 1 is 0.862 bits per heavy atom. The number of aryl methyl sites for hydroxylation is 1. The van der Waals surface area contributed by atoms with Crippen molar-refractivity contribution >= 4 is 5.91 Å². The summed E-state index contributed by atoms with van der Waals surface area (Å²) in [5, 5.41) is 3.08. The monoisotopic (exact) mass is 389 g/mol. The van der Waals surface area contributed by atoms with Crippen LogP contribution in [0.3, 0.4) is 0 Å². The summed E-state index contributed by atoms with van der Waals surface area (Å²) in [6.07, 6.45) is 1.06. The molecule has 0 fully saturated rings. The molecule has 0 bridgehead atoms. The van der Waals surface area contributed by atoms with Gasteiger partial charge in [0.05, 0.1) is 20.3 Å². The van der Waals surface area contributed by atoms with Gasteiger partial charge in [0, 0.05) is 6.42 Å². The van der Waals surface area contributed by atoms with Crippen LogP contribution in [0.2, 0.25) is 0 Å². The van der Waals surface area contributed by atoms with Crippen molar-refractivity contribution in [3.05, 3.63) is 83.9 Å². The molecule has 0 unspecified atom stereocenters. The number of carbonyl (C=O) groups excluding carboxylic acids is 1. The molecule has 0 aromatic heterocycles. The molecular weight excluding hydrogens is 362 g/mol. The molecule has 0 saturated carbocycles. The van der Waals surface area contributed by atoms with Crippen molar-refractivity contribution in [3.63, 3.8) is 0 Å². The number of hydrogen-bond donors (Lipinski definition) is 1. The van der Waals surface area contributed by atoms with E-state index in [9.17, 15) is 4.79 Å². The van der Waals surface area contributed by atoms with Gasteiger partial charge in [0.25, 0.3) is 0 Å². The molecule has 29 heavy (non-hydrogen) atoms. The Morgan fingerprint density at radius 2 is 1.52 bits per heavy atom. The first-order chi connectivity index (χ1) is 14.1. The molecule has 0 spiro atoms. The summed E-state index contributed by atoms with van der Waals surface area (Å²) in [5.74, 6) is 1.39. The minimum atomic E-state index is -0.0438. The van der Waals surface area contributed by atoms with Gasteiger partial charge < -0.3 is 14.8 Å². The number of ether oxygens (including phenoxy) is 2. The lowest BCUT2D eigenvalue weighted by molar-refractivity contribution is -0.121. The summed E-state index contributed by atoms with van der Waals surface area (Å²) in [6.45, 7) is 2.01. The number of carbonyl (C=O) groups is 1. The van der Waals surface area contributed by atoms with E-state index in [1.807, 2.05) is 43.3 Å². The summed E-state index contributed by atoms with van der Waals surface area (Å²) in [5.41, 5.74) is 4.48. The molecule has 0 saturated heterocycles. The van der Waals surface area contributed by atoms with Gasteiger partial charge in [0.15, 0.2) is 11.5 Å². The van der Waals surface area contributed by atoms with Gasteiger partial charge >= 0.3 is 0 Å². The van der Waals surface area contributed by atoms with Crippen LogP contribution < -0.4 is 14.8 Å². The van der Waals surface area contributed by atoms with Crippen LogP contribution in [0.25, 0.3) is 11.1 Å². The number of hydrogen-bond acceptors (Lipinski definition) is 3. The number of amides is 1. The minimum Gasteiger partial charge on any atom is -0.493 e. The molecule has 0 radical (unpaired) electrons. The van der Waals surface area contributed by atoms with Crippen LogP contribution in [-0.2, 0) is 11.2 Å². The molecule has 4 nitrogen and oxygen atoms in total. The third kappa shape index (κ3) is 5.38. The predicted octanol–water partition coefficient (Wildman–Crippen LogP) is 5.18. The van der Waals surface area contributed by atoms with Crippen LogP contribution in [0.5, 0.6) is 11.5 Å². The summed E-state index contributed by atoms with van der Waals surface area (Å²) in [4.78, 5) is 12.4. The number of benzene rings is 3. The Morgan fingerprint density at radius 3 is 2.17 bits per heavy atom. The molecule has 0 heterocycles. The Hall–Kier alpha value is -3.27. The van der Waals surface area contributed by atoms with Crippen LogP contribution in [-0.4, -0.2) is 20.1 Å². The number of nitrogens with one attached hydrogen (secondary N) is 1. The van der Waals surface area contributed by atoms with Crippen molar-refractivity contribution in [1.29, 1.82) is 0 Å². The van der Waals surface area contributed by atoms with Crippen LogP contribution in [0.1, 0.15) is 30.5 Å². The van der Waals surface area contributed by atoms with E-state index in [1.54, 1.807) is 14.2 Å². The van der Waals surface area contributed by atoms with E-state index in [2.05, 4.69) is 41.7 Å². The van der Waals surface area contributed by atoms with E-state index in [-0.39, 0.29) is 11.9 Å². The largest absolute Gasteiger partial charge is 0.493 e. The van der Waals surface area contributed by atoms with Gasteiger partial charge in [0.2, 0.25) is 5.91 Å². The van der Waals surface area contributed by atoms with Crippen LogP contribution >= 0.6 is 0 Å². The molecule has 150 valence electrons. The Bertz CT molecular complexity index is 936. The molecule has 4 heteroatoms. The van der Waals surface area contributed by atoms with Crippen molar-refractivity contribution in [2.75, 3.05) is 14.2 Å². The first-order valence-electron chi connectivity index (χ1n) is 9.76. The molecular formula is C25H27NO3. The highest BCUT2D eigenvalue weighted by Crippen LogP contribution is 2.28. The molecule has 0 aliphatic carbocycles. The lowest BCUT2D eigenvalue weighted by Gasteiger charge is -2.15. The highest BCUT2D eigenvalue weighted by molar-refractivity contribution is 5.76. The van der Waals surface area contributed by atoms with Crippen LogP contribution in [0.15, 0.2) is 72.8 Å². The van der Waals surface area contributed by atoms with Crippen LogP contribution in [0.4, 0.5) is 0 Å². The molecule has 1 atom stereocenters. The fourth-order valence-electron chi connectivity index (χ4n) is 3.29. The van der Waals surface area contributed by atoms with Gasteiger partial charge in [-0.15, -0.1) is 0 Å². The Kier molecular flexibility index (Phi) is 6.90. The number of methoxy groups -OCH3 is 2. The number of rotatable bonds is 8. The van der Waals surface area contributed by atoms with Gasteiger partial charge in [-0.3, -0.25) is 4.79 Å². The topological polar surface area (TPSA) is 47.6 Å². The zero-order valence-corrected chi connectivity index (χ0v) is 17.1. The second-order valence-corrected chi connectivity index (χ2v) is 6.97. The highest BCUT2D eigenvalue weighted by atomic mass is 16.5. The van der Waals surface area contributed by atoms with E-state index in [1.165, 1.54) is 11.1 Å². The summed E-state index contributed by atoms with van der Waals surface area (Å²) >= 11 is 0. The summed E-state index contributed by atoms with van der Waals surface area (Å²) in [6, 6.07) is 24.3. The van der Waals surface area contributed by atoms with Gasteiger partial charge in [-0.1, -0.05) is 60.7 Å². The molecule has 3 aromatic rings. The van der Waals surface area contributed by atoms with E-state index >= 15 is 0 Å². The van der Waals surface area contributed by atoms with Crippen molar-refractivity contribution < 1.29 is 14.3 Å². The second kappa shape index (κ2) is 9.78. The van der Waals surface area contributed by atoms with Gasteiger partial charge in [-0.05, 0) is 47.7 Å². The first kappa shape index (κ1) is 20.5. The predicted molar refractivity (Wildman–Crippen MR) is 116 cm³/mol. The molecule has 0 aliphatic heterocycles. The second-order valence-electron chi connectivity index (χ2n) is 6.97. The third-order valence-electron chi connectivity index (χ3n) is 4.98. The van der Waals surface area contributed by atoms with E-state index in [4.69, 9.17) is 9.47 Å². The summed E-state index contributed by atoms with van der Waals surface area (Å²) < 4.78 is 10.6. The zero-order valence-electron chi connectivity index (χ0n) is 17.1. The van der Waals surface area contributed by atoms with Gasteiger partial charge in [-0.2, -0.15) is 0 Å². The van der Waals surface area contributed by atoms with Crippen molar-refractivity contribution in [2.24, 2.45) is 0 Å². The standard InChI is InChI=1S/C25H27NO3/c1-18(20-11-13-22(14-12-20)21-7-5-4-6-8-21)26-25(27)16-10-19-9-15-23(28-2)24(17-19)29-3/h4-9,11-15,17-18H,10,16H2,1-3H3,(H,26,27)/t18-/m1/s1. The van der Waals surface area contributed by atoms with Gasteiger partial charge in [0.1, 0.15) is 0 Å². The molecule has 0 aliphatic rings. The summed E-state index contributed by atoms with van der Waals surface area (Å²) in [7, 11) is 3.22. The Labute approximate surface area is 172 Å². The average Bonchev–Trinajstić information content (AvgIpc) is 2.78. The zero-order chi connectivity index (χ0) is 20.6. The maximum atomic E-state index is 12.4. The minimum absolute atomic E-state index is 0.0272.